The van der Waals surface area contributed by atoms with Crippen molar-refractivity contribution in [2.75, 3.05) is 0 Å². The van der Waals surface area contributed by atoms with Gasteiger partial charge in [0.1, 0.15) is 5.54 Å². The van der Waals surface area contributed by atoms with Crippen molar-refractivity contribution in [3.8, 4) is 22.3 Å². The van der Waals surface area contributed by atoms with E-state index >= 15 is 0 Å². The first-order chi connectivity index (χ1) is 28.7. The number of hydrogen-bond donors (Lipinski definition) is 1. The van der Waals surface area contributed by atoms with Gasteiger partial charge in [0.25, 0.3) is 0 Å². The molecular weight excluding hydrogens is 705 g/mol. The van der Waals surface area contributed by atoms with Crippen LogP contribution in [0.25, 0.3) is 22.3 Å². The maximum atomic E-state index is 6.09. The summed E-state index contributed by atoms with van der Waals surface area (Å²) in [5.41, 5.74) is 8.73. The third-order valence-corrected chi connectivity index (χ3v) is 11.5. The number of nitrogens with zero attached hydrogens (tertiary/aromatic N) is 3. The zero-order chi connectivity index (χ0) is 38.8. The molecule has 1 N–H and O–H groups in total. The highest BCUT2D eigenvalue weighted by molar-refractivity contribution is 6.39. The van der Waals surface area contributed by atoms with E-state index in [-0.39, 0.29) is 0 Å². The van der Waals surface area contributed by atoms with Crippen LogP contribution < -0.4 is 5.32 Å². The van der Waals surface area contributed by atoms with Crippen molar-refractivity contribution in [2.45, 2.75) is 16.9 Å². The molecule has 0 aliphatic carbocycles. The number of hydrogen-bond acceptors (Lipinski definition) is 4. The van der Waals surface area contributed by atoms with Crippen molar-refractivity contribution in [1.82, 2.24) is 5.32 Å². The molecule has 2 unspecified atom stereocenters. The Morgan fingerprint density at radius 3 is 1.16 bits per heavy atom. The van der Waals surface area contributed by atoms with Crippen LogP contribution >= 0.6 is 0 Å². The fraction of sp³-hybridized carbons (Fsp3) is 0.0556. The second kappa shape index (κ2) is 14.7. The Morgan fingerprint density at radius 2 is 0.690 bits per heavy atom. The SMILES string of the molecule is C1=NC(c2ccc(-c3ccccc3)cc2)(C2(c3ccc(-c4ccccc4)cc3)N=C(c3ccccc3)C(c3ccccc3)(c3ccccc3)N2)N=C1c1ccccc1. The molecule has 0 bridgehead atoms. The van der Waals surface area contributed by atoms with Gasteiger partial charge < -0.3 is 0 Å². The first-order valence-electron chi connectivity index (χ1n) is 19.8. The van der Waals surface area contributed by atoms with Crippen LogP contribution in [-0.4, -0.2) is 17.6 Å². The summed E-state index contributed by atoms with van der Waals surface area (Å²) in [6.07, 6.45) is 1.94. The molecule has 58 heavy (non-hydrogen) atoms. The van der Waals surface area contributed by atoms with Crippen molar-refractivity contribution in [3.63, 3.8) is 0 Å². The molecule has 2 aliphatic rings. The molecule has 4 nitrogen and oxygen atoms in total. The summed E-state index contributed by atoms with van der Waals surface area (Å²) < 4.78 is 0. The highest BCUT2D eigenvalue weighted by Gasteiger charge is 2.64. The van der Waals surface area contributed by atoms with E-state index in [0.29, 0.717) is 0 Å². The molecular formula is C54H40N4. The van der Waals surface area contributed by atoms with Gasteiger partial charge in [0.05, 0.1) is 17.6 Å². The number of rotatable bonds is 9. The Labute approximate surface area is 339 Å². The van der Waals surface area contributed by atoms with Crippen molar-refractivity contribution in [1.29, 1.82) is 0 Å². The number of nitrogens with one attached hydrogen (secondary N) is 1. The summed E-state index contributed by atoms with van der Waals surface area (Å²) in [4.78, 5) is 17.5. The van der Waals surface area contributed by atoms with Gasteiger partial charge >= 0.3 is 0 Å². The zero-order valence-corrected chi connectivity index (χ0v) is 31.9. The van der Waals surface area contributed by atoms with Crippen LogP contribution in [-0.2, 0) is 16.9 Å². The predicted molar refractivity (Wildman–Crippen MR) is 238 cm³/mol. The van der Waals surface area contributed by atoms with Gasteiger partial charge in [0, 0.05) is 11.1 Å². The maximum Gasteiger partial charge on any atom is 0.218 e. The summed E-state index contributed by atoms with van der Waals surface area (Å²) in [5.74, 6) is 0. The first-order valence-corrected chi connectivity index (χ1v) is 19.8. The Balaban J connectivity index is 1.30. The molecule has 10 rings (SSSR count). The van der Waals surface area contributed by atoms with Gasteiger partial charge in [0.15, 0.2) is 5.66 Å². The molecule has 2 atom stereocenters. The molecule has 276 valence electrons. The van der Waals surface area contributed by atoms with E-state index in [1.54, 1.807) is 0 Å². The quantitative estimate of drug-likeness (QED) is 0.157. The van der Waals surface area contributed by atoms with Gasteiger partial charge in [-0.15, -0.1) is 0 Å². The molecule has 0 fully saturated rings. The maximum absolute atomic E-state index is 6.09. The lowest BCUT2D eigenvalue weighted by Gasteiger charge is -2.44. The molecule has 4 heteroatoms. The van der Waals surface area contributed by atoms with Crippen LogP contribution in [0.3, 0.4) is 0 Å². The second-order valence-corrected chi connectivity index (χ2v) is 14.8. The highest BCUT2D eigenvalue weighted by atomic mass is 15.4. The largest absolute Gasteiger partial charge is 0.267 e. The number of aliphatic imine (C=N–C) groups is 3. The van der Waals surface area contributed by atoms with E-state index in [0.717, 1.165) is 67.1 Å². The van der Waals surface area contributed by atoms with Crippen LogP contribution in [0.5, 0.6) is 0 Å². The van der Waals surface area contributed by atoms with Gasteiger partial charge in [-0.3, -0.25) is 15.3 Å². The standard InChI is InChI=1S/C54H40N4/c1-7-19-40(20-8-1)42-31-35-48(36-32-42)53(55-39-50(56-53)44-23-11-3-12-24-44)54(49-37-33-43(34-38-49)41-21-9-2-10-22-41)57-51(45-25-13-4-14-26-45)52(58-54,46-27-15-5-16-28-46)47-29-17-6-18-30-47/h1-39,58H. The number of benzene rings is 8. The normalized spacial score (nSPS) is 19.4. The van der Waals surface area contributed by atoms with Gasteiger partial charge in [-0.25, -0.2) is 4.99 Å². The fourth-order valence-electron chi connectivity index (χ4n) is 8.67. The molecule has 0 aromatic heterocycles. The fourth-order valence-corrected chi connectivity index (χ4v) is 8.67. The molecule has 2 heterocycles. The molecule has 0 saturated carbocycles. The Bertz CT molecular complexity index is 2710. The van der Waals surface area contributed by atoms with Crippen LogP contribution in [0, 0.1) is 0 Å². The van der Waals surface area contributed by atoms with Crippen molar-refractivity contribution < 1.29 is 0 Å². The molecule has 0 saturated heterocycles. The third kappa shape index (κ3) is 5.85. The summed E-state index contributed by atoms with van der Waals surface area (Å²) in [6, 6.07) is 80.8. The minimum atomic E-state index is -1.28. The summed E-state index contributed by atoms with van der Waals surface area (Å²) >= 11 is 0. The van der Waals surface area contributed by atoms with Crippen molar-refractivity contribution >= 4 is 17.6 Å². The average Bonchev–Trinajstić information content (AvgIpc) is 3.95. The first kappa shape index (κ1) is 35.2. The van der Waals surface area contributed by atoms with E-state index < -0.39 is 16.9 Å². The van der Waals surface area contributed by atoms with Gasteiger partial charge in [0.2, 0.25) is 5.66 Å². The minimum Gasteiger partial charge on any atom is -0.267 e. The van der Waals surface area contributed by atoms with Gasteiger partial charge in [-0.05, 0) is 44.5 Å². The lowest BCUT2D eigenvalue weighted by molar-refractivity contribution is 0.180. The van der Waals surface area contributed by atoms with E-state index in [4.69, 9.17) is 15.0 Å². The van der Waals surface area contributed by atoms with Gasteiger partial charge in [-0.1, -0.05) is 231 Å². The van der Waals surface area contributed by atoms with Crippen LogP contribution in [0.15, 0.2) is 245 Å². The van der Waals surface area contributed by atoms with E-state index in [9.17, 15) is 0 Å². The topological polar surface area (TPSA) is 49.1 Å². The third-order valence-electron chi connectivity index (χ3n) is 11.5. The lowest BCUT2D eigenvalue weighted by atomic mass is 9.75. The van der Waals surface area contributed by atoms with E-state index in [1.165, 1.54) is 0 Å². The molecule has 0 radical (unpaired) electrons. The molecule has 8 aromatic rings. The Morgan fingerprint density at radius 1 is 0.310 bits per heavy atom. The molecule has 0 amide bonds. The smallest absolute Gasteiger partial charge is 0.218 e. The van der Waals surface area contributed by atoms with Crippen LogP contribution in [0.2, 0.25) is 0 Å². The monoisotopic (exact) mass is 744 g/mol. The van der Waals surface area contributed by atoms with Crippen LogP contribution in [0.4, 0.5) is 0 Å². The molecule has 8 aromatic carbocycles. The van der Waals surface area contributed by atoms with Crippen LogP contribution in [0.1, 0.15) is 33.4 Å². The van der Waals surface area contributed by atoms with E-state index in [1.807, 2.05) is 30.5 Å². The van der Waals surface area contributed by atoms with Crippen molar-refractivity contribution in [2.24, 2.45) is 15.0 Å². The summed E-state index contributed by atoms with van der Waals surface area (Å²) in [6.45, 7) is 0. The predicted octanol–water partition coefficient (Wildman–Crippen LogP) is 11.6. The molecule has 0 spiro atoms. The lowest BCUT2D eigenvalue weighted by Crippen LogP contribution is -2.59. The second-order valence-electron chi connectivity index (χ2n) is 14.8. The Hall–Kier alpha value is -7.27. The molecule has 2 aliphatic heterocycles. The average molecular weight is 745 g/mol. The Kier molecular flexibility index (Phi) is 8.89. The zero-order valence-electron chi connectivity index (χ0n) is 31.9. The summed E-state index contributed by atoms with van der Waals surface area (Å²) in [7, 11) is 0. The summed E-state index contributed by atoms with van der Waals surface area (Å²) in [5, 5.41) is 4.35. The minimum absolute atomic E-state index is 0.795. The van der Waals surface area contributed by atoms with E-state index in [2.05, 4.69) is 212 Å². The van der Waals surface area contributed by atoms with Crippen molar-refractivity contribution in [3.05, 3.63) is 264 Å². The highest BCUT2D eigenvalue weighted by Crippen LogP contribution is 2.55. The van der Waals surface area contributed by atoms with Gasteiger partial charge in [-0.2, -0.15) is 0 Å².